The van der Waals surface area contributed by atoms with E-state index >= 15 is 0 Å². The zero-order valence-corrected chi connectivity index (χ0v) is 12.7. The first-order valence-electron chi connectivity index (χ1n) is 5.64. The fourth-order valence-corrected chi connectivity index (χ4v) is 2.35. The van der Waals surface area contributed by atoms with Crippen molar-refractivity contribution >= 4 is 33.3 Å². The van der Waals surface area contributed by atoms with E-state index in [0.717, 1.165) is 0 Å². The van der Waals surface area contributed by atoms with Gasteiger partial charge in [-0.15, -0.1) is 0 Å². The Morgan fingerprint density at radius 1 is 1.47 bits per heavy atom. The topological polar surface area (TPSA) is 34.9 Å². The van der Waals surface area contributed by atoms with E-state index in [9.17, 15) is 9.18 Å². The molecule has 0 bridgehead atoms. The number of hydrogen-bond donors (Lipinski definition) is 0. The highest BCUT2D eigenvalue weighted by atomic mass is 79.9. The molecule has 1 aromatic carbocycles. The molecule has 0 unspecified atom stereocenters. The average molecular weight is 346 g/mol. The summed E-state index contributed by atoms with van der Waals surface area (Å²) in [6, 6.07) is 3.96. The number of aromatic nitrogens is 2. The van der Waals surface area contributed by atoms with Crippen molar-refractivity contribution in [1.29, 1.82) is 0 Å². The summed E-state index contributed by atoms with van der Waals surface area (Å²) in [5.41, 5.74) is 0.757. The number of carbonyl (C=O) groups is 1. The third-order valence-corrected chi connectivity index (χ3v) is 3.51. The van der Waals surface area contributed by atoms with E-state index in [0.29, 0.717) is 15.7 Å². The Hall–Kier alpha value is -1.20. The Morgan fingerprint density at radius 2 is 2.16 bits per heavy atom. The molecule has 100 valence electrons. The lowest BCUT2D eigenvalue weighted by Crippen LogP contribution is -2.14. The van der Waals surface area contributed by atoms with Crippen molar-refractivity contribution < 1.29 is 9.18 Å². The van der Waals surface area contributed by atoms with Gasteiger partial charge in [0.25, 0.3) is 0 Å². The monoisotopic (exact) mass is 344 g/mol. The van der Waals surface area contributed by atoms with Crippen molar-refractivity contribution in [3.8, 4) is 0 Å². The number of hydrogen-bond acceptors (Lipinski definition) is 2. The number of halogens is 3. The molecule has 0 aliphatic carbocycles. The minimum atomic E-state index is -0.547. The number of rotatable bonds is 3. The molecule has 0 spiro atoms. The van der Waals surface area contributed by atoms with Gasteiger partial charge in [-0.25, -0.2) is 4.39 Å². The molecular formula is C13H11BrClFN2O. The first-order valence-corrected chi connectivity index (χ1v) is 6.81. The van der Waals surface area contributed by atoms with Crippen molar-refractivity contribution in [1.82, 2.24) is 9.78 Å². The van der Waals surface area contributed by atoms with Crippen LogP contribution in [0.2, 0.25) is 5.02 Å². The molecule has 0 N–H and O–H groups in total. The van der Waals surface area contributed by atoms with Crippen molar-refractivity contribution in [3.63, 3.8) is 0 Å². The maximum Gasteiger partial charge on any atom is 0.212 e. The van der Waals surface area contributed by atoms with Crippen LogP contribution in [0, 0.1) is 5.82 Å². The molecule has 6 heteroatoms. The van der Waals surface area contributed by atoms with Gasteiger partial charge in [0, 0.05) is 11.6 Å². The molecule has 0 aliphatic heterocycles. The molecular weight excluding hydrogens is 335 g/mol. The van der Waals surface area contributed by atoms with Crippen LogP contribution in [0.15, 0.2) is 28.9 Å². The Labute approximate surface area is 123 Å². The molecule has 0 atom stereocenters. The smallest absolute Gasteiger partial charge is 0.212 e. The maximum atomic E-state index is 13.1. The number of carbonyl (C=O) groups excluding carboxylic acids is 1. The fraction of sp³-hybridized carbons (Fsp3) is 0.231. The van der Waals surface area contributed by atoms with Crippen LogP contribution < -0.4 is 0 Å². The van der Waals surface area contributed by atoms with Crippen LogP contribution in [0.1, 0.15) is 35.9 Å². The van der Waals surface area contributed by atoms with Gasteiger partial charge in [0.2, 0.25) is 5.78 Å². The van der Waals surface area contributed by atoms with Gasteiger partial charge in [0.15, 0.2) is 0 Å². The Kier molecular flexibility index (Phi) is 4.06. The van der Waals surface area contributed by atoms with Gasteiger partial charge in [-0.2, -0.15) is 5.10 Å². The van der Waals surface area contributed by atoms with Crippen LogP contribution in [0.3, 0.4) is 0 Å². The third kappa shape index (κ3) is 2.72. The van der Waals surface area contributed by atoms with Crippen LogP contribution >= 0.6 is 27.5 Å². The lowest BCUT2D eigenvalue weighted by molar-refractivity contribution is 0.102. The molecule has 1 aromatic heterocycles. The first-order chi connectivity index (χ1) is 8.91. The minimum absolute atomic E-state index is 0.0428. The van der Waals surface area contributed by atoms with Crippen LogP contribution in [0.25, 0.3) is 0 Å². The van der Waals surface area contributed by atoms with Gasteiger partial charge in [-0.05, 0) is 48.0 Å². The summed E-state index contributed by atoms with van der Waals surface area (Å²) in [4.78, 5) is 12.4. The molecule has 19 heavy (non-hydrogen) atoms. The zero-order valence-electron chi connectivity index (χ0n) is 10.3. The van der Waals surface area contributed by atoms with Crippen LogP contribution in [0.5, 0.6) is 0 Å². The van der Waals surface area contributed by atoms with E-state index in [2.05, 4.69) is 21.0 Å². The van der Waals surface area contributed by atoms with Gasteiger partial charge in [0.05, 0.1) is 15.7 Å². The molecule has 1 heterocycles. The molecule has 2 rings (SSSR count). The average Bonchev–Trinajstić information content (AvgIpc) is 2.74. The maximum absolute atomic E-state index is 13.1. The lowest BCUT2D eigenvalue weighted by Gasteiger charge is -2.10. The summed E-state index contributed by atoms with van der Waals surface area (Å²) in [5.74, 6) is -0.797. The molecule has 0 saturated carbocycles. The zero-order chi connectivity index (χ0) is 14.2. The van der Waals surface area contributed by atoms with Gasteiger partial charge < -0.3 is 0 Å². The SMILES string of the molecule is CC(C)n1ncc(Br)c1C(=O)c1ccc(F)c(Cl)c1. The van der Waals surface area contributed by atoms with E-state index in [1.54, 1.807) is 10.9 Å². The summed E-state index contributed by atoms with van der Waals surface area (Å²) in [7, 11) is 0. The Bertz CT molecular complexity index is 640. The molecule has 3 nitrogen and oxygen atoms in total. The largest absolute Gasteiger partial charge is 0.287 e. The Morgan fingerprint density at radius 3 is 2.74 bits per heavy atom. The summed E-state index contributed by atoms with van der Waals surface area (Å²) < 4.78 is 15.3. The van der Waals surface area contributed by atoms with Crippen molar-refractivity contribution in [2.24, 2.45) is 0 Å². The van der Waals surface area contributed by atoms with Gasteiger partial charge in [0.1, 0.15) is 11.5 Å². The highest BCUT2D eigenvalue weighted by molar-refractivity contribution is 9.10. The quantitative estimate of drug-likeness (QED) is 0.780. The molecule has 0 aliphatic rings. The second-order valence-electron chi connectivity index (χ2n) is 4.34. The molecule has 0 amide bonds. The summed E-state index contributed by atoms with van der Waals surface area (Å²) in [6.45, 7) is 3.85. The van der Waals surface area contributed by atoms with Gasteiger partial charge in [-0.1, -0.05) is 11.6 Å². The molecule has 2 aromatic rings. The van der Waals surface area contributed by atoms with E-state index in [-0.39, 0.29) is 16.8 Å². The first kappa shape index (κ1) is 14.2. The van der Waals surface area contributed by atoms with E-state index in [4.69, 9.17) is 11.6 Å². The predicted octanol–water partition coefficient (Wildman–Crippen LogP) is 4.25. The second-order valence-corrected chi connectivity index (χ2v) is 5.60. The van der Waals surface area contributed by atoms with Crippen LogP contribution in [-0.2, 0) is 0 Å². The van der Waals surface area contributed by atoms with Gasteiger partial charge >= 0.3 is 0 Å². The van der Waals surface area contributed by atoms with Crippen molar-refractivity contribution in [2.75, 3.05) is 0 Å². The third-order valence-electron chi connectivity index (χ3n) is 2.64. The molecule has 0 radical (unpaired) electrons. The summed E-state index contributed by atoms with van der Waals surface area (Å²) in [6.07, 6.45) is 1.57. The molecule has 0 fully saturated rings. The van der Waals surface area contributed by atoms with Crippen LogP contribution in [0.4, 0.5) is 4.39 Å². The molecule has 0 saturated heterocycles. The minimum Gasteiger partial charge on any atom is -0.287 e. The standard InChI is InChI=1S/C13H11BrClFN2O/c1-7(2)18-12(9(14)6-17-18)13(19)8-3-4-11(16)10(15)5-8/h3-7H,1-2H3. The lowest BCUT2D eigenvalue weighted by atomic mass is 10.1. The van der Waals surface area contributed by atoms with E-state index in [1.807, 2.05) is 13.8 Å². The van der Waals surface area contributed by atoms with E-state index < -0.39 is 5.82 Å². The number of benzene rings is 1. The van der Waals surface area contributed by atoms with Crippen molar-refractivity contribution in [2.45, 2.75) is 19.9 Å². The predicted molar refractivity (Wildman–Crippen MR) is 75.2 cm³/mol. The van der Waals surface area contributed by atoms with E-state index in [1.165, 1.54) is 18.2 Å². The second kappa shape index (κ2) is 5.43. The highest BCUT2D eigenvalue weighted by Crippen LogP contribution is 2.24. The summed E-state index contributed by atoms with van der Waals surface area (Å²) >= 11 is 9.01. The highest BCUT2D eigenvalue weighted by Gasteiger charge is 2.21. The van der Waals surface area contributed by atoms with Crippen molar-refractivity contribution in [3.05, 3.63) is 51.0 Å². The number of nitrogens with zero attached hydrogens (tertiary/aromatic N) is 2. The number of ketones is 1. The normalized spacial score (nSPS) is 11.1. The fourth-order valence-electron chi connectivity index (χ4n) is 1.72. The summed E-state index contributed by atoms with van der Waals surface area (Å²) in [5, 5.41) is 4.07. The van der Waals surface area contributed by atoms with Gasteiger partial charge in [-0.3, -0.25) is 9.48 Å². The Balaban J connectivity index is 2.49. The van der Waals surface area contributed by atoms with Crippen LogP contribution in [-0.4, -0.2) is 15.6 Å².